The Labute approximate surface area is 175 Å². The Kier molecular flexibility index (Phi) is 11.2. The average Bonchev–Trinajstić information content (AvgIpc) is 2.67. The predicted molar refractivity (Wildman–Crippen MR) is 117 cm³/mol. The van der Waals surface area contributed by atoms with E-state index in [1.807, 2.05) is 12.2 Å². The van der Waals surface area contributed by atoms with Gasteiger partial charge in [0.2, 0.25) is 0 Å². The van der Waals surface area contributed by atoms with Gasteiger partial charge in [-0.25, -0.2) is 9.68 Å². The number of hydrogen-bond donors (Lipinski definition) is 2. The number of ether oxygens (including phenoxy) is 1. The zero-order chi connectivity index (χ0) is 21.9. The van der Waals surface area contributed by atoms with Crippen molar-refractivity contribution in [3.05, 3.63) is 47.6 Å². The van der Waals surface area contributed by atoms with E-state index in [-0.39, 0.29) is 11.7 Å². The van der Waals surface area contributed by atoms with Crippen LogP contribution in [0.1, 0.15) is 72.6 Å². The van der Waals surface area contributed by atoms with Crippen LogP contribution in [0.3, 0.4) is 0 Å². The van der Waals surface area contributed by atoms with E-state index in [4.69, 9.17) is 15.1 Å². The minimum absolute atomic E-state index is 0.170. The van der Waals surface area contributed by atoms with Crippen LogP contribution >= 0.6 is 0 Å². The van der Waals surface area contributed by atoms with Crippen molar-refractivity contribution in [2.75, 3.05) is 6.61 Å². The van der Waals surface area contributed by atoms with Gasteiger partial charge < -0.3 is 9.84 Å². The molecule has 29 heavy (non-hydrogen) atoms. The van der Waals surface area contributed by atoms with Gasteiger partial charge in [-0.2, -0.15) is 0 Å². The smallest absolute Gasteiger partial charge is 0.333 e. The first-order valence-corrected chi connectivity index (χ1v) is 10.5. The fraction of sp³-hybridized carbons (Fsp3) is 0.625. The van der Waals surface area contributed by atoms with Crippen molar-refractivity contribution in [3.63, 3.8) is 0 Å². The number of rotatable bonds is 12. The number of allylic oxidation sites excluding steroid dienone is 5. The number of hydrogen-bond acceptors (Lipinski definition) is 4. The molecule has 0 spiro atoms. The predicted octanol–water partition coefficient (Wildman–Crippen LogP) is 6.09. The highest BCUT2D eigenvalue weighted by Crippen LogP contribution is 2.26. The van der Waals surface area contributed by atoms with Gasteiger partial charge in [-0.1, -0.05) is 42.0 Å². The van der Waals surface area contributed by atoms with Gasteiger partial charge >= 0.3 is 5.97 Å². The lowest BCUT2D eigenvalue weighted by molar-refractivity contribution is -0.297. The van der Waals surface area contributed by atoms with Crippen molar-refractivity contribution in [3.8, 4) is 0 Å². The van der Waals surface area contributed by atoms with Crippen molar-refractivity contribution < 1.29 is 24.8 Å². The van der Waals surface area contributed by atoms with Crippen LogP contribution in [0.5, 0.6) is 0 Å². The molecule has 1 aliphatic heterocycles. The van der Waals surface area contributed by atoms with Crippen molar-refractivity contribution in [1.29, 1.82) is 0 Å². The summed E-state index contributed by atoms with van der Waals surface area (Å²) in [5.41, 5.74) is 2.23. The molecule has 5 nitrogen and oxygen atoms in total. The maximum absolute atomic E-state index is 11.0. The van der Waals surface area contributed by atoms with E-state index in [9.17, 15) is 4.79 Å². The van der Waals surface area contributed by atoms with Crippen LogP contribution in [0.25, 0.3) is 0 Å². The van der Waals surface area contributed by atoms with Gasteiger partial charge in [-0.3, -0.25) is 5.26 Å². The molecule has 1 aliphatic rings. The highest BCUT2D eigenvalue weighted by molar-refractivity contribution is 5.86. The van der Waals surface area contributed by atoms with Gasteiger partial charge in [0.15, 0.2) is 0 Å². The maximum Gasteiger partial charge on any atom is 0.333 e. The van der Waals surface area contributed by atoms with Gasteiger partial charge in [-0.05, 0) is 78.6 Å². The normalized spacial score (nSPS) is 21.6. The van der Waals surface area contributed by atoms with Gasteiger partial charge in [0, 0.05) is 0 Å². The van der Waals surface area contributed by atoms with Crippen molar-refractivity contribution in [2.24, 2.45) is 5.92 Å². The third kappa shape index (κ3) is 10.6. The summed E-state index contributed by atoms with van der Waals surface area (Å²) < 4.78 is 5.69. The first-order valence-electron chi connectivity index (χ1n) is 10.5. The van der Waals surface area contributed by atoms with Crippen LogP contribution in [0.2, 0.25) is 0 Å². The minimum atomic E-state index is -0.963. The summed E-state index contributed by atoms with van der Waals surface area (Å²) in [5.74, 6) is -0.465. The molecule has 0 radical (unpaired) electrons. The molecule has 0 aliphatic carbocycles. The summed E-state index contributed by atoms with van der Waals surface area (Å²) in [6.45, 7) is 12.1. The number of carboxylic acids is 1. The van der Waals surface area contributed by atoms with E-state index in [2.05, 4.69) is 37.5 Å². The van der Waals surface area contributed by atoms with E-state index >= 15 is 0 Å². The Morgan fingerprint density at radius 2 is 1.90 bits per heavy atom. The van der Waals surface area contributed by atoms with Gasteiger partial charge in [0.25, 0.3) is 0 Å². The molecule has 2 atom stereocenters. The summed E-state index contributed by atoms with van der Waals surface area (Å²) >= 11 is 0. The van der Waals surface area contributed by atoms with Crippen LogP contribution < -0.4 is 0 Å². The summed E-state index contributed by atoms with van der Waals surface area (Å²) in [5, 5.41) is 17.7. The molecule has 0 aromatic carbocycles. The highest BCUT2D eigenvalue weighted by atomic mass is 17.1. The summed E-state index contributed by atoms with van der Waals surface area (Å²) in [6, 6.07) is 0. The molecule has 0 amide bonds. The monoisotopic (exact) mass is 406 g/mol. The molecular formula is C24H38O5. The molecule has 164 valence electrons. The fourth-order valence-corrected chi connectivity index (χ4v) is 3.30. The van der Waals surface area contributed by atoms with E-state index < -0.39 is 11.6 Å². The highest BCUT2D eigenvalue weighted by Gasteiger charge is 2.26. The molecule has 0 aromatic rings. The van der Waals surface area contributed by atoms with E-state index in [0.717, 1.165) is 44.9 Å². The fourth-order valence-electron chi connectivity index (χ4n) is 3.30. The zero-order valence-electron chi connectivity index (χ0n) is 18.4. The van der Waals surface area contributed by atoms with Gasteiger partial charge in [0.1, 0.15) is 5.60 Å². The Morgan fingerprint density at radius 3 is 2.48 bits per heavy atom. The van der Waals surface area contributed by atoms with Crippen molar-refractivity contribution in [1.82, 2.24) is 0 Å². The molecule has 1 fully saturated rings. The lowest BCUT2D eigenvalue weighted by atomic mass is 9.91. The number of aliphatic carboxylic acids is 1. The van der Waals surface area contributed by atoms with E-state index in [1.165, 1.54) is 11.1 Å². The Bertz CT molecular complexity index is 619. The van der Waals surface area contributed by atoms with Crippen LogP contribution in [0.15, 0.2) is 47.6 Å². The van der Waals surface area contributed by atoms with Crippen molar-refractivity contribution in [2.45, 2.75) is 84.3 Å². The largest absolute Gasteiger partial charge is 0.478 e. The number of carbonyl (C=O) groups is 1. The summed E-state index contributed by atoms with van der Waals surface area (Å²) in [6.07, 6.45) is 14.9. The van der Waals surface area contributed by atoms with Gasteiger partial charge in [0.05, 0.1) is 18.3 Å². The molecule has 0 bridgehead atoms. The SMILES string of the molecule is C=C(C(=O)O)C1CCC(CCC=C(C)CCC=C(C)CC=CC(C)(C)OO)CO1. The van der Waals surface area contributed by atoms with E-state index in [0.29, 0.717) is 12.5 Å². The molecule has 0 aromatic heterocycles. The lowest BCUT2D eigenvalue weighted by Crippen LogP contribution is -2.29. The molecule has 2 N–H and O–H groups in total. The minimum Gasteiger partial charge on any atom is -0.478 e. The first-order chi connectivity index (χ1) is 13.6. The lowest BCUT2D eigenvalue weighted by Gasteiger charge is -2.28. The van der Waals surface area contributed by atoms with Gasteiger partial charge in [-0.15, -0.1) is 0 Å². The van der Waals surface area contributed by atoms with E-state index in [1.54, 1.807) is 13.8 Å². The molecule has 1 rings (SSSR count). The second-order valence-electron chi connectivity index (χ2n) is 8.61. The second kappa shape index (κ2) is 12.8. The van der Waals surface area contributed by atoms with Crippen molar-refractivity contribution >= 4 is 5.97 Å². The maximum atomic E-state index is 11.0. The molecule has 2 unspecified atom stereocenters. The van der Waals surface area contributed by atoms with Crippen LogP contribution in [0, 0.1) is 5.92 Å². The third-order valence-corrected chi connectivity index (χ3v) is 5.33. The third-order valence-electron chi connectivity index (χ3n) is 5.33. The zero-order valence-corrected chi connectivity index (χ0v) is 18.4. The number of carboxylic acid groups (broad SMARTS) is 1. The van der Waals surface area contributed by atoms with Crippen LogP contribution in [-0.2, 0) is 14.4 Å². The summed E-state index contributed by atoms with van der Waals surface area (Å²) in [4.78, 5) is 15.3. The second-order valence-corrected chi connectivity index (χ2v) is 8.61. The Hall–Kier alpha value is -1.69. The first kappa shape index (κ1) is 25.3. The van der Waals surface area contributed by atoms with Crippen LogP contribution in [0.4, 0.5) is 0 Å². The topological polar surface area (TPSA) is 76.0 Å². The summed E-state index contributed by atoms with van der Waals surface area (Å²) in [7, 11) is 0. The molecule has 1 saturated heterocycles. The molecule has 1 heterocycles. The Morgan fingerprint density at radius 1 is 1.21 bits per heavy atom. The Balaban J connectivity index is 2.25. The molecular weight excluding hydrogens is 368 g/mol. The molecule has 5 heteroatoms. The standard InChI is InChI=1S/C24H38O5/c1-18(9-6-10-19(2)12-8-16-24(4,5)29-27)11-7-13-21-14-15-22(28-17-21)20(3)23(25)26/h8,10-11,16,21-22,27H,3,6-7,9,12-15,17H2,1-2,4-5H3,(H,25,26). The quantitative estimate of drug-likeness (QED) is 0.177. The molecule has 0 saturated carbocycles. The van der Waals surface area contributed by atoms with Crippen LogP contribution in [-0.4, -0.2) is 34.6 Å². The average molecular weight is 407 g/mol.